The third kappa shape index (κ3) is 2.59. The summed E-state index contributed by atoms with van der Waals surface area (Å²) in [7, 11) is 0. The number of fused-ring (bicyclic) bond motifs is 1. The first-order chi connectivity index (χ1) is 9.63. The van der Waals surface area contributed by atoms with Crippen molar-refractivity contribution in [2.45, 2.75) is 6.92 Å². The highest BCUT2D eigenvalue weighted by molar-refractivity contribution is 9.10. The van der Waals surface area contributed by atoms with Crippen LogP contribution in [0.4, 0.5) is 5.69 Å². The van der Waals surface area contributed by atoms with E-state index in [2.05, 4.69) is 26.2 Å². The van der Waals surface area contributed by atoms with Crippen molar-refractivity contribution in [3.05, 3.63) is 46.9 Å². The molecule has 0 saturated carbocycles. The quantitative estimate of drug-likeness (QED) is 0.731. The summed E-state index contributed by atoms with van der Waals surface area (Å²) >= 11 is 5.08. The minimum atomic E-state index is -0.0883. The van der Waals surface area contributed by atoms with Gasteiger partial charge >= 0.3 is 0 Å². The highest BCUT2D eigenvalue weighted by Gasteiger charge is 2.12. The van der Waals surface area contributed by atoms with Crippen molar-refractivity contribution in [3.8, 4) is 10.6 Å². The molecule has 5 heteroatoms. The molecule has 1 aromatic heterocycles. The number of anilines is 1. The molecule has 0 aliphatic rings. The Kier molecular flexibility index (Phi) is 3.54. The zero-order valence-corrected chi connectivity index (χ0v) is 13.1. The highest BCUT2D eigenvalue weighted by atomic mass is 79.9. The van der Waals surface area contributed by atoms with Gasteiger partial charge in [0.15, 0.2) is 0 Å². The van der Waals surface area contributed by atoms with Crippen molar-refractivity contribution in [2.24, 2.45) is 0 Å². The van der Waals surface area contributed by atoms with Crippen LogP contribution in [0.5, 0.6) is 0 Å². The molecule has 0 spiro atoms. The summed E-state index contributed by atoms with van der Waals surface area (Å²) in [5.74, 6) is -0.0883. The van der Waals surface area contributed by atoms with Gasteiger partial charge in [-0.05, 0) is 30.3 Å². The lowest BCUT2D eigenvalue weighted by Gasteiger charge is -2.08. The molecule has 2 aromatic carbocycles. The van der Waals surface area contributed by atoms with Gasteiger partial charge in [0.25, 0.3) is 0 Å². The largest absolute Gasteiger partial charge is 0.326 e. The molecule has 3 rings (SSSR count). The third-order valence-corrected chi connectivity index (χ3v) is 4.38. The maximum absolute atomic E-state index is 11.3. The van der Waals surface area contributed by atoms with E-state index >= 15 is 0 Å². The number of thiazole rings is 1. The van der Waals surface area contributed by atoms with Crippen LogP contribution in [0.3, 0.4) is 0 Å². The number of hydrogen-bond donors (Lipinski definition) is 1. The van der Waals surface area contributed by atoms with E-state index in [4.69, 9.17) is 0 Å². The number of carbonyl (C=O) groups is 1. The first kappa shape index (κ1) is 13.3. The fourth-order valence-corrected chi connectivity index (χ4v) is 3.34. The summed E-state index contributed by atoms with van der Waals surface area (Å²) in [6, 6.07) is 13.8. The number of benzene rings is 2. The highest BCUT2D eigenvalue weighted by Crippen LogP contribution is 2.36. The smallest absolute Gasteiger partial charge is 0.221 e. The fourth-order valence-electron chi connectivity index (χ4n) is 1.98. The van der Waals surface area contributed by atoms with Gasteiger partial charge in [-0.15, -0.1) is 11.3 Å². The Hall–Kier alpha value is -1.72. The fraction of sp³-hybridized carbons (Fsp3) is 0.0667. The van der Waals surface area contributed by atoms with Crippen LogP contribution in [0.15, 0.2) is 46.9 Å². The van der Waals surface area contributed by atoms with Crippen molar-refractivity contribution in [1.29, 1.82) is 0 Å². The van der Waals surface area contributed by atoms with Gasteiger partial charge in [-0.2, -0.15) is 0 Å². The molecule has 20 heavy (non-hydrogen) atoms. The van der Waals surface area contributed by atoms with E-state index in [1.165, 1.54) is 6.92 Å². The average Bonchev–Trinajstić information content (AvgIpc) is 2.84. The third-order valence-electron chi connectivity index (χ3n) is 2.82. The lowest BCUT2D eigenvalue weighted by molar-refractivity contribution is -0.114. The number of hydrogen-bond acceptors (Lipinski definition) is 3. The van der Waals surface area contributed by atoms with Gasteiger partial charge < -0.3 is 5.32 Å². The second-order valence-corrected chi connectivity index (χ2v) is 6.30. The van der Waals surface area contributed by atoms with E-state index in [1.807, 2.05) is 42.5 Å². The van der Waals surface area contributed by atoms with Crippen LogP contribution in [-0.2, 0) is 4.79 Å². The van der Waals surface area contributed by atoms with E-state index in [-0.39, 0.29) is 5.91 Å². The number of rotatable bonds is 2. The topological polar surface area (TPSA) is 42.0 Å². The molecule has 3 nitrogen and oxygen atoms in total. The van der Waals surface area contributed by atoms with Crippen LogP contribution in [0.25, 0.3) is 20.8 Å². The first-order valence-corrected chi connectivity index (χ1v) is 7.67. The number of amides is 1. The van der Waals surface area contributed by atoms with Gasteiger partial charge in [-0.3, -0.25) is 4.79 Å². The Bertz CT molecular complexity index is 764. The Morgan fingerprint density at radius 3 is 2.80 bits per heavy atom. The first-order valence-electron chi connectivity index (χ1n) is 6.06. The Labute approximate surface area is 128 Å². The molecule has 0 aliphatic carbocycles. The summed E-state index contributed by atoms with van der Waals surface area (Å²) in [6.45, 7) is 1.50. The molecular formula is C15H11BrN2OS. The van der Waals surface area contributed by atoms with Crippen LogP contribution in [-0.4, -0.2) is 10.9 Å². The maximum atomic E-state index is 11.3. The maximum Gasteiger partial charge on any atom is 0.221 e. The number of aromatic nitrogens is 1. The number of halogens is 1. The van der Waals surface area contributed by atoms with Crippen molar-refractivity contribution in [3.63, 3.8) is 0 Å². The summed E-state index contributed by atoms with van der Waals surface area (Å²) < 4.78 is 2.09. The van der Waals surface area contributed by atoms with Gasteiger partial charge in [-0.25, -0.2) is 4.98 Å². The standard InChI is InChI=1S/C15H11BrN2OS/c1-9(19)17-12-7-6-10(16)8-11(12)15-18-13-4-2-3-5-14(13)20-15/h2-8H,1H3,(H,17,19). The molecule has 3 aromatic rings. The minimum absolute atomic E-state index is 0.0883. The van der Waals surface area contributed by atoms with Gasteiger partial charge in [0.1, 0.15) is 5.01 Å². The lowest BCUT2D eigenvalue weighted by Crippen LogP contribution is -2.06. The Morgan fingerprint density at radius 2 is 2.05 bits per heavy atom. The predicted octanol–water partition coefficient (Wildman–Crippen LogP) is 4.68. The molecule has 0 fully saturated rings. The molecule has 1 N–H and O–H groups in total. The minimum Gasteiger partial charge on any atom is -0.326 e. The van der Waals surface area contributed by atoms with Gasteiger partial charge in [0, 0.05) is 17.0 Å². The van der Waals surface area contributed by atoms with Gasteiger partial charge in [0.05, 0.1) is 15.9 Å². The predicted molar refractivity (Wildman–Crippen MR) is 87.1 cm³/mol. The van der Waals surface area contributed by atoms with Crippen molar-refractivity contribution in [2.75, 3.05) is 5.32 Å². The lowest BCUT2D eigenvalue weighted by atomic mass is 10.2. The second kappa shape index (κ2) is 5.34. The van der Waals surface area contributed by atoms with Gasteiger partial charge in [0.2, 0.25) is 5.91 Å². The Morgan fingerprint density at radius 1 is 1.25 bits per heavy atom. The van der Waals surface area contributed by atoms with E-state index < -0.39 is 0 Å². The van der Waals surface area contributed by atoms with E-state index in [9.17, 15) is 4.79 Å². The average molecular weight is 347 g/mol. The van der Waals surface area contributed by atoms with Crippen molar-refractivity contribution in [1.82, 2.24) is 4.98 Å². The molecule has 0 atom stereocenters. The summed E-state index contributed by atoms with van der Waals surface area (Å²) in [6.07, 6.45) is 0. The normalized spacial score (nSPS) is 10.7. The van der Waals surface area contributed by atoms with Crippen molar-refractivity contribution < 1.29 is 4.79 Å². The van der Waals surface area contributed by atoms with E-state index in [0.29, 0.717) is 0 Å². The van der Waals surface area contributed by atoms with E-state index in [0.717, 1.165) is 30.9 Å². The van der Waals surface area contributed by atoms with Crippen molar-refractivity contribution >= 4 is 49.1 Å². The summed E-state index contributed by atoms with van der Waals surface area (Å²) in [5.41, 5.74) is 2.68. The van der Waals surface area contributed by atoms with Crippen LogP contribution in [0, 0.1) is 0 Å². The van der Waals surface area contributed by atoms with Crippen LogP contribution in [0.2, 0.25) is 0 Å². The molecule has 1 amide bonds. The molecule has 1 heterocycles. The van der Waals surface area contributed by atoms with Crippen LogP contribution >= 0.6 is 27.3 Å². The molecule has 0 bridgehead atoms. The molecule has 100 valence electrons. The SMILES string of the molecule is CC(=O)Nc1ccc(Br)cc1-c1nc2ccccc2s1. The summed E-state index contributed by atoms with van der Waals surface area (Å²) in [4.78, 5) is 16.0. The van der Waals surface area contributed by atoms with Gasteiger partial charge in [-0.1, -0.05) is 28.1 Å². The van der Waals surface area contributed by atoms with E-state index in [1.54, 1.807) is 11.3 Å². The number of nitrogens with zero attached hydrogens (tertiary/aromatic N) is 1. The molecule has 0 saturated heterocycles. The zero-order chi connectivity index (χ0) is 14.1. The molecule has 0 unspecified atom stereocenters. The number of carbonyl (C=O) groups excluding carboxylic acids is 1. The van der Waals surface area contributed by atoms with Crippen LogP contribution < -0.4 is 5.32 Å². The molecular weight excluding hydrogens is 336 g/mol. The number of para-hydroxylation sites is 1. The summed E-state index contributed by atoms with van der Waals surface area (Å²) in [5, 5.41) is 3.75. The van der Waals surface area contributed by atoms with Crippen LogP contribution in [0.1, 0.15) is 6.92 Å². The second-order valence-electron chi connectivity index (χ2n) is 4.36. The number of nitrogens with one attached hydrogen (secondary N) is 1. The molecule has 0 radical (unpaired) electrons. The Balaban J connectivity index is 2.16. The molecule has 0 aliphatic heterocycles. The zero-order valence-electron chi connectivity index (χ0n) is 10.7. The monoisotopic (exact) mass is 346 g/mol.